The van der Waals surface area contributed by atoms with Crippen molar-refractivity contribution in [2.24, 2.45) is 0 Å². The molecule has 146 valence electrons. The van der Waals surface area contributed by atoms with E-state index in [4.69, 9.17) is 4.42 Å². The first kappa shape index (κ1) is 18.5. The van der Waals surface area contributed by atoms with Crippen molar-refractivity contribution in [1.29, 1.82) is 0 Å². The molecular weight excluding hydrogens is 378 g/mol. The fraction of sp³-hybridized carbons (Fsp3) is 0.300. The highest BCUT2D eigenvalue weighted by atomic mass is 32.2. The minimum Gasteiger partial charge on any atom is -0.463 e. The molecule has 0 bridgehead atoms. The molecule has 1 atom stereocenters. The predicted molar refractivity (Wildman–Crippen MR) is 105 cm³/mol. The van der Waals surface area contributed by atoms with E-state index < -0.39 is 9.84 Å². The molecule has 2 aromatic heterocycles. The normalized spacial score (nSPS) is 18.2. The van der Waals surface area contributed by atoms with Crippen LogP contribution in [0.2, 0.25) is 0 Å². The summed E-state index contributed by atoms with van der Waals surface area (Å²) in [5, 5.41) is 7.30. The molecule has 0 spiro atoms. The van der Waals surface area contributed by atoms with E-state index in [9.17, 15) is 13.2 Å². The Kier molecular flexibility index (Phi) is 5.04. The van der Waals surface area contributed by atoms with Gasteiger partial charge < -0.3 is 9.73 Å². The van der Waals surface area contributed by atoms with Gasteiger partial charge in [-0.1, -0.05) is 30.3 Å². The standard InChI is InChI=1S/C20H21N3O4S/c24-20(21-10-8-15-5-2-1-3-6-15)17-13-18(19-7-4-11-27-19)23(22-17)16-9-12-28(25,26)14-16/h1-7,11,13,16H,8-10,12,14H2,(H,21,24). The molecule has 28 heavy (non-hydrogen) atoms. The quantitative estimate of drug-likeness (QED) is 0.687. The maximum absolute atomic E-state index is 12.6. The number of hydrogen-bond donors (Lipinski definition) is 1. The average Bonchev–Trinajstić information content (AvgIpc) is 3.41. The van der Waals surface area contributed by atoms with Crippen LogP contribution in [0.4, 0.5) is 0 Å². The van der Waals surface area contributed by atoms with E-state index in [1.807, 2.05) is 30.3 Å². The summed E-state index contributed by atoms with van der Waals surface area (Å²) in [4.78, 5) is 12.6. The van der Waals surface area contributed by atoms with Crippen molar-refractivity contribution < 1.29 is 17.6 Å². The van der Waals surface area contributed by atoms with Crippen LogP contribution in [0.1, 0.15) is 28.5 Å². The lowest BCUT2D eigenvalue weighted by molar-refractivity contribution is 0.0948. The summed E-state index contributed by atoms with van der Waals surface area (Å²) >= 11 is 0. The van der Waals surface area contributed by atoms with Crippen molar-refractivity contribution >= 4 is 15.7 Å². The average molecular weight is 399 g/mol. The molecule has 1 amide bonds. The van der Waals surface area contributed by atoms with E-state index in [0.717, 1.165) is 12.0 Å². The van der Waals surface area contributed by atoms with Crippen LogP contribution in [0.3, 0.4) is 0 Å². The lowest BCUT2D eigenvalue weighted by Crippen LogP contribution is -2.26. The number of nitrogens with zero attached hydrogens (tertiary/aromatic N) is 2. The van der Waals surface area contributed by atoms with Crippen molar-refractivity contribution in [3.63, 3.8) is 0 Å². The second-order valence-corrected chi connectivity index (χ2v) is 9.11. The Labute approximate surface area is 163 Å². The smallest absolute Gasteiger partial charge is 0.271 e. The van der Waals surface area contributed by atoms with Gasteiger partial charge in [0.1, 0.15) is 5.69 Å². The highest BCUT2D eigenvalue weighted by molar-refractivity contribution is 7.91. The SMILES string of the molecule is O=C(NCCc1ccccc1)c1cc(-c2ccco2)n(C2CCS(=O)(=O)C2)n1. The molecule has 8 heteroatoms. The first-order chi connectivity index (χ1) is 13.5. The molecule has 4 rings (SSSR count). The molecule has 1 aliphatic heterocycles. The summed E-state index contributed by atoms with van der Waals surface area (Å²) in [7, 11) is -3.08. The van der Waals surface area contributed by atoms with Crippen LogP contribution in [0, 0.1) is 0 Å². The van der Waals surface area contributed by atoms with Crippen LogP contribution in [-0.2, 0) is 16.3 Å². The number of carbonyl (C=O) groups is 1. The maximum Gasteiger partial charge on any atom is 0.271 e. The third-order valence-corrected chi connectivity index (χ3v) is 6.59. The van der Waals surface area contributed by atoms with E-state index in [1.54, 1.807) is 22.9 Å². The number of amides is 1. The van der Waals surface area contributed by atoms with Crippen LogP contribution in [-0.4, -0.2) is 42.2 Å². The van der Waals surface area contributed by atoms with Crippen LogP contribution in [0.5, 0.6) is 0 Å². The largest absolute Gasteiger partial charge is 0.463 e. The molecule has 1 saturated heterocycles. The van der Waals surface area contributed by atoms with Gasteiger partial charge in [-0.2, -0.15) is 5.10 Å². The van der Waals surface area contributed by atoms with E-state index in [2.05, 4.69) is 10.4 Å². The van der Waals surface area contributed by atoms with Crippen molar-refractivity contribution in [3.05, 3.63) is 66.1 Å². The number of hydrogen-bond acceptors (Lipinski definition) is 5. The van der Waals surface area contributed by atoms with Gasteiger partial charge in [-0.15, -0.1) is 0 Å². The summed E-state index contributed by atoms with van der Waals surface area (Å²) < 4.78 is 30.9. The molecule has 0 radical (unpaired) electrons. The fourth-order valence-electron chi connectivity index (χ4n) is 3.42. The number of carbonyl (C=O) groups excluding carboxylic acids is 1. The number of nitrogens with one attached hydrogen (secondary N) is 1. The second-order valence-electron chi connectivity index (χ2n) is 6.89. The molecular formula is C20H21N3O4S. The van der Waals surface area contributed by atoms with Crippen LogP contribution in [0.25, 0.3) is 11.5 Å². The lowest BCUT2D eigenvalue weighted by Gasteiger charge is -2.11. The Hall–Kier alpha value is -2.87. The number of furan rings is 1. The van der Waals surface area contributed by atoms with Crippen molar-refractivity contribution in [2.75, 3.05) is 18.1 Å². The molecule has 3 heterocycles. The number of aromatic nitrogens is 2. The predicted octanol–water partition coefficient (Wildman–Crippen LogP) is 2.48. The molecule has 7 nitrogen and oxygen atoms in total. The summed E-state index contributed by atoms with van der Waals surface area (Å²) in [6.45, 7) is 0.490. The minimum absolute atomic E-state index is 0.0253. The van der Waals surface area contributed by atoms with Crippen molar-refractivity contribution in [1.82, 2.24) is 15.1 Å². The summed E-state index contributed by atoms with van der Waals surface area (Å²) in [6, 6.07) is 14.8. The Morgan fingerprint density at radius 3 is 2.71 bits per heavy atom. The number of benzene rings is 1. The molecule has 0 saturated carbocycles. The summed E-state index contributed by atoms with van der Waals surface area (Å²) in [5.41, 5.74) is 2.00. The Balaban J connectivity index is 1.52. The van der Waals surface area contributed by atoms with Gasteiger partial charge in [-0.3, -0.25) is 9.48 Å². The topological polar surface area (TPSA) is 94.2 Å². The van der Waals surface area contributed by atoms with E-state index in [-0.39, 0.29) is 29.1 Å². The zero-order valence-corrected chi connectivity index (χ0v) is 16.1. The van der Waals surface area contributed by atoms with E-state index in [0.29, 0.717) is 24.4 Å². The highest BCUT2D eigenvalue weighted by Gasteiger charge is 2.32. The third kappa shape index (κ3) is 4.01. The van der Waals surface area contributed by atoms with E-state index in [1.165, 1.54) is 6.26 Å². The Morgan fingerprint density at radius 1 is 1.21 bits per heavy atom. The maximum atomic E-state index is 12.6. The van der Waals surface area contributed by atoms with Crippen LogP contribution in [0.15, 0.2) is 59.2 Å². The minimum atomic E-state index is -3.08. The Morgan fingerprint density at radius 2 is 2.04 bits per heavy atom. The molecule has 3 aromatic rings. The van der Waals surface area contributed by atoms with Gasteiger partial charge in [0.05, 0.1) is 23.8 Å². The van der Waals surface area contributed by atoms with Crippen molar-refractivity contribution in [3.8, 4) is 11.5 Å². The number of rotatable bonds is 6. The fourth-order valence-corrected chi connectivity index (χ4v) is 5.11. The lowest BCUT2D eigenvalue weighted by atomic mass is 10.1. The van der Waals surface area contributed by atoms with Gasteiger partial charge in [0.2, 0.25) is 0 Å². The van der Waals surface area contributed by atoms with Gasteiger partial charge in [-0.05, 0) is 30.5 Å². The monoisotopic (exact) mass is 399 g/mol. The van der Waals surface area contributed by atoms with Crippen LogP contribution < -0.4 is 5.32 Å². The molecule has 0 aliphatic carbocycles. The van der Waals surface area contributed by atoms with Crippen molar-refractivity contribution in [2.45, 2.75) is 18.9 Å². The van der Waals surface area contributed by atoms with Gasteiger partial charge in [0.15, 0.2) is 21.3 Å². The highest BCUT2D eigenvalue weighted by Crippen LogP contribution is 2.30. The molecule has 1 N–H and O–H groups in total. The molecule has 1 aromatic carbocycles. The van der Waals surface area contributed by atoms with E-state index >= 15 is 0 Å². The first-order valence-corrected chi connectivity index (χ1v) is 11.0. The summed E-state index contributed by atoms with van der Waals surface area (Å²) in [5.74, 6) is 0.425. The Bertz CT molecular complexity index is 1060. The molecule has 1 unspecified atom stereocenters. The zero-order chi connectivity index (χ0) is 19.6. The molecule has 1 aliphatic rings. The number of sulfone groups is 1. The second kappa shape index (κ2) is 7.63. The van der Waals surface area contributed by atoms with Gasteiger partial charge in [0, 0.05) is 12.6 Å². The van der Waals surface area contributed by atoms with Crippen LogP contribution >= 0.6 is 0 Å². The van der Waals surface area contributed by atoms with Gasteiger partial charge in [0.25, 0.3) is 5.91 Å². The first-order valence-electron chi connectivity index (χ1n) is 9.18. The summed E-state index contributed by atoms with van der Waals surface area (Å²) in [6.07, 6.45) is 2.74. The third-order valence-electron chi connectivity index (χ3n) is 4.84. The zero-order valence-electron chi connectivity index (χ0n) is 15.2. The van der Waals surface area contributed by atoms with Gasteiger partial charge >= 0.3 is 0 Å². The van der Waals surface area contributed by atoms with Gasteiger partial charge in [-0.25, -0.2) is 8.42 Å². The molecule has 1 fully saturated rings.